The summed E-state index contributed by atoms with van der Waals surface area (Å²) < 4.78 is 40.1. The van der Waals surface area contributed by atoms with Crippen LogP contribution in [0.3, 0.4) is 0 Å². The molecule has 18 heavy (non-hydrogen) atoms. The van der Waals surface area contributed by atoms with Gasteiger partial charge in [0.2, 0.25) is 0 Å². The van der Waals surface area contributed by atoms with E-state index in [9.17, 15) is 12.8 Å². The van der Waals surface area contributed by atoms with Gasteiger partial charge >= 0.3 is 0 Å². The van der Waals surface area contributed by atoms with Gasteiger partial charge in [-0.15, -0.1) is 0 Å². The van der Waals surface area contributed by atoms with E-state index in [2.05, 4.69) is 4.72 Å². The third-order valence-electron chi connectivity index (χ3n) is 2.47. The van der Waals surface area contributed by atoms with Crippen molar-refractivity contribution in [3.05, 3.63) is 45.9 Å². The van der Waals surface area contributed by atoms with E-state index in [1.165, 1.54) is 23.5 Å². The van der Waals surface area contributed by atoms with Crippen molar-refractivity contribution >= 4 is 27.0 Å². The molecule has 0 amide bonds. The van der Waals surface area contributed by atoms with E-state index in [4.69, 9.17) is 0 Å². The van der Waals surface area contributed by atoms with E-state index in [-0.39, 0.29) is 4.90 Å². The third-order valence-corrected chi connectivity index (χ3v) is 4.84. The molecule has 1 N–H and O–H groups in total. The van der Waals surface area contributed by atoms with Crippen LogP contribution in [0.4, 0.5) is 10.1 Å². The number of anilines is 1. The van der Waals surface area contributed by atoms with Gasteiger partial charge in [-0.3, -0.25) is 4.72 Å². The number of hydrogen-bond donors (Lipinski definition) is 1. The van der Waals surface area contributed by atoms with Crippen LogP contribution in [-0.4, -0.2) is 8.42 Å². The molecule has 0 radical (unpaired) electrons. The topological polar surface area (TPSA) is 46.2 Å². The van der Waals surface area contributed by atoms with Gasteiger partial charge in [-0.05, 0) is 48.6 Å². The molecule has 0 aliphatic rings. The second-order valence-corrected chi connectivity index (χ2v) is 6.39. The average molecular weight is 285 g/mol. The number of benzene rings is 1. The van der Waals surface area contributed by atoms with E-state index in [0.29, 0.717) is 16.8 Å². The van der Waals surface area contributed by atoms with Crippen LogP contribution >= 0.6 is 11.3 Å². The molecule has 0 aliphatic heterocycles. The minimum absolute atomic E-state index is 0.134. The van der Waals surface area contributed by atoms with Gasteiger partial charge in [-0.2, -0.15) is 11.3 Å². The highest BCUT2D eigenvalue weighted by Gasteiger charge is 2.20. The molecule has 0 saturated carbocycles. The van der Waals surface area contributed by atoms with Gasteiger partial charge in [-0.25, -0.2) is 12.8 Å². The van der Waals surface area contributed by atoms with E-state index in [1.807, 2.05) is 0 Å². The van der Waals surface area contributed by atoms with E-state index < -0.39 is 15.8 Å². The number of sulfonamides is 1. The molecule has 0 unspecified atom stereocenters. The van der Waals surface area contributed by atoms with E-state index in [1.54, 1.807) is 30.7 Å². The Labute approximate surface area is 109 Å². The molecule has 6 heteroatoms. The van der Waals surface area contributed by atoms with Crippen LogP contribution in [0.15, 0.2) is 33.9 Å². The standard InChI is InChI=1S/C12H12FNO2S2/c1-8-5-10(13)6-9(2)12(8)18(15,16)14-11-3-4-17-7-11/h3-7,14H,1-2H3. The summed E-state index contributed by atoms with van der Waals surface area (Å²) >= 11 is 1.40. The van der Waals surface area contributed by atoms with Crippen LogP contribution in [-0.2, 0) is 10.0 Å². The molecule has 2 rings (SSSR count). The fraction of sp³-hybridized carbons (Fsp3) is 0.167. The molecule has 1 aromatic heterocycles. The van der Waals surface area contributed by atoms with Crippen molar-refractivity contribution in [2.75, 3.05) is 4.72 Å². The molecule has 0 fully saturated rings. The second-order valence-electron chi connectivity index (χ2n) is 3.99. The maximum atomic E-state index is 13.2. The number of thiophene rings is 1. The molecular formula is C12H12FNO2S2. The predicted molar refractivity (Wildman–Crippen MR) is 71.0 cm³/mol. The van der Waals surface area contributed by atoms with Crippen LogP contribution < -0.4 is 4.72 Å². The minimum atomic E-state index is -3.67. The summed E-state index contributed by atoms with van der Waals surface area (Å²) in [4.78, 5) is 0.134. The van der Waals surface area contributed by atoms with Crippen molar-refractivity contribution in [3.63, 3.8) is 0 Å². The quantitative estimate of drug-likeness (QED) is 0.940. The van der Waals surface area contributed by atoms with Gasteiger partial charge in [0.15, 0.2) is 0 Å². The maximum Gasteiger partial charge on any atom is 0.262 e. The monoisotopic (exact) mass is 285 g/mol. The summed E-state index contributed by atoms with van der Waals surface area (Å²) in [5.74, 6) is -0.431. The van der Waals surface area contributed by atoms with Gasteiger partial charge in [0.05, 0.1) is 10.6 Å². The lowest BCUT2D eigenvalue weighted by Crippen LogP contribution is -2.15. The summed E-state index contributed by atoms with van der Waals surface area (Å²) in [5.41, 5.74) is 1.31. The lowest BCUT2D eigenvalue weighted by atomic mass is 10.1. The first-order chi connectivity index (χ1) is 8.40. The highest BCUT2D eigenvalue weighted by Crippen LogP contribution is 2.24. The zero-order valence-corrected chi connectivity index (χ0v) is 11.5. The van der Waals surface area contributed by atoms with Crippen molar-refractivity contribution in [1.82, 2.24) is 0 Å². The first-order valence-corrected chi connectivity index (χ1v) is 7.64. The molecule has 96 valence electrons. The first kappa shape index (κ1) is 13.0. The van der Waals surface area contributed by atoms with Gasteiger partial charge < -0.3 is 0 Å². The molecule has 0 aliphatic carbocycles. The number of nitrogens with one attached hydrogen (secondary N) is 1. The van der Waals surface area contributed by atoms with Crippen LogP contribution in [0.1, 0.15) is 11.1 Å². The predicted octanol–water partition coefficient (Wildman–Crippen LogP) is 3.30. The van der Waals surface area contributed by atoms with Gasteiger partial charge in [0, 0.05) is 5.38 Å². The molecule has 0 bridgehead atoms. The Hall–Kier alpha value is -1.40. The fourth-order valence-electron chi connectivity index (χ4n) is 1.85. The highest BCUT2D eigenvalue weighted by molar-refractivity contribution is 7.92. The molecule has 2 aromatic rings. The Morgan fingerprint density at radius 1 is 1.22 bits per heavy atom. The number of aryl methyl sites for hydroxylation is 2. The summed E-state index contributed by atoms with van der Waals surface area (Å²) in [5, 5.41) is 3.48. The van der Waals surface area contributed by atoms with E-state index in [0.717, 1.165) is 0 Å². The van der Waals surface area contributed by atoms with Gasteiger partial charge in [-0.1, -0.05) is 0 Å². The summed E-state index contributed by atoms with van der Waals surface area (Å²) in [7, 11) is -3.67. The molecule has 0 saturated heterocycles. The zero-order chi connectivity index (χ0) is 13.3. The average Bonchev–Trinajstić information content (AvgIpc) is 2.66. The number of hydrogen-bond acceptors (Lipinski definition) is 3. The van der Waals surface area contributed by atoms with Crippen molar-refractivity contribution in [2.45, 2.75) is 18.7 Å². The van der Waals surface area contributed by atoms with Crippen LogP contribution in [0.2, 0.25) is 0 Å². The molecule has 0 spiro atoms. The van der Waals surface area contributed by atoms with Crippen LogP contribution in [0, 0.1) is 19.7 Å². The van der Waals surface area contributed by atoms with E-state index >= 15 is 0 Å². The third kappa shape index (κ3) is 2.54. The molecule has 0 atom stereocenters. The smallest absolute Gasteiger partial charge is 0.262 e. The Balaban J connectivity index is 2.48. The lowest BCUT2D eigenvalue weighted by Gasteiger charge is -2.12. The largest absolute Gasteiger partial charge is 0.279 e. The van der Waals surface area contributed by atoms with Gasteiger partial charge in [0.1, 0.15) is 5.82 Å². The number of rotatable bonds is 3. The summed E-state index contributed by atoms with van der Waals surface area (Å²) in [6.07, 6.45) is 0. The van der Waals surface area contributed by atoms with Crippen LogP contribution in [0.25, 0.3) is 0 Å². The normalized spacial score (nSPS) is 11.5. The van der Waals surface area contributed by atoms with Crippen molar-refractivity contribution in [1.29, 1.82) is 0 Å². The fourth-order valence-corrected chi connectivity index (χ4v) is 4.02. The Morgan fingerprint density at radius 3 is 2.33 bits per heavy atom. The molecule has 1 aromatic carbocycles. The van der Waals surface area contributed by atoms with Crippen molar-refractivity contribution < 1.29 is 12.8 Å². The van der Waals surface area contributed by atoms with Crippen LogP contribution in [0.5, 0.6) is 0 Å². The summed E-state index contributed by atoms with van der Waals surface area (Å²) in [6.45, 7) is 3.16. The first-order valence-electron chi connectivity index (χ1n) is 5.22. The lowest BCUT2D eigenvalue weighted by molar-refractivity contribution is 0.597. The Morgan fingerprint density at radius 2 is 1.83 bits per heavy atom. The SMILES string of the molecule is Cc1cc(F)cc(C)c1S(=O)(=O)Nc1ccsc1. The van der Waals surface area contributed by atoms with Gasteiger partial charge in [0.25, 0.3) is 10.0 Å². The Bertz CT molecular complexity index is 640. The Kier molecular flexibility index (Phi) is 3.41. The molecule has 3 nitrogen and oxygen atoms in total. The minimum Gasteiger partial charge on any atom is -0.279 e. The molecule has 1 heterocycles. The number of halogens is 1. The molecular weight excluding hydrogens is 273 g/mol. The second kappa shape index (κ2) is 4.70. The van der Waals surface area contributed by atoms with Crippen molar-refractivity contribution in [2.24, 2.45) is 0 Å². The zero-order valence-electron chi connectivity index (χ0n) is 9.90. The highest BCUT2D eigenvalue weighted by atomic mass is 32.2. The van der Waals surface area contributed by atoms with Crippen molar-refractivity contribution in [3.8, 4) is 0 Å². The maximum absolute atomic E-state index is 13.2. The summed E-state index contributed by atoms with van der Waals surface area (Å²) in [6, 6.07) is 4.11.